The van der Waals surface area contributed by atoms with E-state index < -0.39 is 22.4 Å². The molecule has 0 aliphatic rings. The average Bonchev–Trinajstić information content (AvgIpc) is 2.71. The van der Waals surface area contributed by atoms with E-state index in [2.05, 4.69) is 15.6 Å². The van der Waals surface area contributed by atoms with Crippen LogP contribution in [0.2, 0.25) is 0 Å². The lowest BCUT2D eigenvalue weighted by atomic mass is 10.1. The molecule has 0 atom stereocenters. The van der Waals surface area contributed by atoms with Gasteiger partial charge in [-0.2, -0.15) is 13.2 Å². The van der Waals surface area contributed by atoms with Gasteiger partial charge in [0.2, 0.25) is 5.91 Å². The van der Waals surface area contributed by atoms with Crippen molar-refractivity contribution in [1.29, 1.82) is 0 Å². The van der Waals surface area contributed by atoms with E-state index in [4.69, 9.17) is 0 Å². The highest BCUT2D eigenvalue weighted by Crippen LogP contribution is 2.34. The van der Waals surface area contributed by atoms with Gasteiger partial charge in [0.15, 0.2) is 0 Å². The quantitative estimate of drug-likeness (QED) is 0.441. The molecule has 1 amide bonds. The maximum Gasteiger partial charge on any atom is 0.416 e. The van der Waals surface area contributed by atoms with Crippen LogP contribution in [0.5, 0.6) is 0 Å². The number of pyridine rings is 1. The second kappa shape index (κ2) is 8.76. The highest BCUT2D eigenvalue weighted by atomic mass is 19.4. The number of nitrogens with one attached hydrogen (secondary N) is 2. The fraction of sp³-hybridized carbons (Fsp3) is 0.200. The lowest BCUT2D eigenvalue weighted by Crippen LogP contribution is -2.25. The minimum atomic E-state index is -4.68. The molecule has 2 N–H and O–H groups in total. The van der Waals surface area contributed by atoms with Gasteiger partial charge in [0, 0.05) is 37.2 Å². The molecule has 0 unspecified atom stereocenters. The summed E-state index contributed by atoms with van der Waals surface area (Å²) in [5, 5.41) is 17.4. The van der Waals surface area contributed by atoms with Crippen molar-refractivity contribution in [2.45, 2.75) is 19.1 Å². The molecule has 2 aromatic carbocycles. The number of carbonyl (C=O) groups is 1. The molecule has 10 heteroatoms. The second-order valence-corrected chi connectivity index (χ2v) is 6.48. The zero-order valence-electron chi connectivity index (χ0n) is 15.6. The molecule has 0 saturated heterocycles. The van der Waals surface area contributed by atoms with E-state index in [1.807, 2.05) is 30.3 Å². The van der Waals surface area contributed by atoms with E-state index in [9.17, 15) is 28.1 Å². The number of fused-ring (bicyclic) bond motifs is 1. The highest BCUT2D eigenvalue weighted by Gasteiger charge is 2.33. The number of rotatable bonds is 7. The molecule has 0 aliphatic heterocycles. The molecular weight excluding hydrogens is 401 g/mol. The largest absolute Gasteiger partial charge is 0.416 e. The number of anilines is 1. The first-order chi connectivity index (χ1) is 14.2. The van der Waals surface area contributed by atoms with Crippen LogP contribution < -0.4 is 10.6 Å². The Morgan fingerprint density at radius 2 is 1.90 bits per heavy atom. The standard InChI is InChI=1S/C20H17F3N4O3/c21-20(22,23)15-5-6-17(18(10-15)27(29)30)24-8-7-19(28)26-12-13-9-14-3-1-2-4-16(14)25-11-13/h1-6,9-11,24H,7-8,12H2,(H,26,28). The van der Waals surface area contributed by atoms with Crippen LogP contribution in [0.1, 0.15) is 17.5 Å². The van der Waals surface area contributed by atoms with Crippen LogP contribution in [0, 0.1) is 10.1 Å². The zero-order chi connectivity index (χ0) is 21.7. The number of nitro groups is 1. The number of hydrogen-bond acceptors (Lipinski definition) is 5. The summed E-state index contributed by atoms with van der Waals surface area (Å²) in [6.45, 7) is 0.283. The molecule has 0 bridgehead atoms. The van der Waals surface area contributed by atoms with Crippen molar-refractivity contribution in [3.8, 4) is 0 Å². The Morgan fingerprint density at radius 1 is 1.13 bits per heavy atom. The summed E-state index contributed by atoms with van der Waals surface area (Å²) < 4.78 is 38.2. The van der Waals surface area contributed by atoms with Gasteiger partial charge in [0.25, 0.3) is 5.69 Å². The Kier molecular flexibility index (Phi) is 6.14. The molecular formula is C20H17F3N4O3. The van der Waals surface area contributed by atoms with Crippen LogP contribution in [0.15, 0.2) is 54.7 Å². The van der Waals surface area contributed by atoms with Crippen molar-refractivity contribution in [2.75, 3.05) is 11.9 Å². The van der Waals surface area contributed by atoms with Gasteiger partial charge in [-0.05, 0) is 29.8 Å². The fourth-order valence-corrected chi connectivity index (χ4v) is 2.82. The molecule has 0 spiro atoms. The first kappa shape index (κ1) is 21.0. The van der Waals surface area contributed by atoms with Gasteiger partial charge in [-0.3, -0.25) is 19.9 Å². The van der Waals surface area contributed by atoms with Crippen LogP contribution >= 0.6 is 0 Å². The van der Waals surface area contributed by atoms with E-state index in [-0.39, 0.29) is 31.1 Å². The Morgan fingerprint density at radius 3 is 2.63 bits per heavy atom. The molecule has 3 rings (SSSR count). The van der Waals surface area contributed by atoms with Gasteiger partial charge in [0.1, 0.15) is 5.69 Å². The summed E-state index contributed by atoms with van der Waals surface area (Å²) in [4.78, 5) is 26.5. The normalized spacial score (nSPS) is 11.3. The molecule has 7 nitrogen and oxygen atoms in total. The summed E-state index contributed by atoms with van der Waals surface area (Å²) >= 11 is 0. The molecule has 0 radical (unpaired) electrons. The molecule has 0 fully saturated rings. The number of amides is 1. The van der Waals surface area contributed by atoms with Crippen LogP contribution in [0.3, 0.4) is 0 Å². The zero-order valence-corrected chi connectivity index (χ0v) is 15.6. The number of halogens is 3. The number of benzene rings is 2. The Balaban J connectivity index is 1.54. The van der Waals surface area contributed by atoms with Gasteiger partial charge >= 0.3 is 6.18 Å². The van der Waals surface area contributed by atoms with Crippen molar-refractivity contribution in [2.24, 2.45) is 0 Å². The van der Waals surface area contributed by atoms with Gasteiger partial charge < -0.3 is 10.6 Å². The van der Waals surface area contributed by atoms with Crippen LogP contribution in [0.4, 0.5) is 24.5 Å². The third kappa shape index (κ3) is 5.22. The van der Waals surface area contributed by atoms with E-state index in [1.54, 1.807) is 6.20 Å². The lowest BCUT2D eigenvalue weighted by molar-refractivity contribution is -0.384. The second-order valence-electron chi connectivity index (χ2n) is 6.48. The number of nitro benzene ring substituents is 1. The molecule has 0 aliphatic carbocycles. The van der Waals surface area contributed by atoms with Crippen LogP contribution in [-0.4, -0.2) is 22.4 Å². The van der Waals surface area contributed by atoms with Crippen LogP contribution in [-0.2, 0) is 17.5 Å². The summed E-state index contributed by atoms with van der Waals surface area (Å²) in [7, 11) is 0. The Labute approximate surface area is 169 Å². The first-order valence-corrected chi connectivity index (χ1v) is 8.94. The van der Waals surface area contributed by atoms with E-state index >= 15 is 0 Å². The molecule has 0 saturated carbocycles. The maximum atomic E-state index is 12.7. The van der Waals surface area contributed by atoms with Gasteiger partial charge in [-0.15, -0.1) is 0 Å². The highest BCUT2D eigenvalue weighted by molar-refractivity contribution is 5.79. The van der Waals surface area contributed by atoms with Crippen molar-refractivity contribution in [1.82, 2.24) is 10.3 Å². The lowest BCUT2D eigenvalue weighted by Gasteiger charge is -2.11. The molecule has 1 heterocycles. The Bertz CT molecular complexity index is 1090. The number of alkyl halides is 3. The number of aromatic nitrogens is 1. The summed E-state index contributed by atoms with van der Waals surface area (Å²) in [6, 6.07) is 11.7. The topological polar surface area (TPSA) is 97.2 Å². The van der Waals surface area contributed by atoms with Crippen molar-refractivity contribution >= 4 is 28.2 Å². The third-order valence-electron chi connectivity index (χ3n) is 4.33. The summed E-state index contributed by atoms with van der Waals surface area (Å²) in [5.41, 5.74) is -0.239. The minimum absolute atomic E-state index is 0.0147. The van der Waals surface area contributed by atoms with Crippen molar-refractivity contribution in [3.05, 3.63) is 76.0 Å². The molecule has 3 aromatic rings. The average molecular weight is 418 g/mol. The predicted octanol–water partition coefficient (Wildman–Crippen LogP) is 4.28. The van der Waals surface area contributed by atoms with Crippen molar-refractivity contribution < 1.29 is 22.9 Å². The minimum Gasteiger partial charge on any atom is -0.379 e. The maximum absolute atomic E-state index is 12.7. The van der Waals surface area contributed by atoms with Gasteiger partial charge in [-0.1, -0.05) is 18.2 Å². The number of carbonyl (C=O) groups excluding carboxylic acids is 1. The summed E-state index contributed by atoms with van der Waals surface area (Å²) in [5.74, 6) is -0.315. The van der Waals surface area contributed by atoms with Gasteiger partial charge in [-0.25, -0.2) is 0 Å². The van der Waals surface area contributed by atoms with Crippen LogP contribution in [0.25, 0.3) is 10.9 Å². The van der Waals surface area contributed by atoms with E-state index in [1.165, 1.54) is 0 Å². The van der Waals surface area contributed by atoms with E-state index in [0.717, 1.165) is 28.6 Å². The number of hydrogen-bond donors (Lipinski definition) is 2. The predicted molar refractivity (Wildman–Crippen MR) is 105 cm³/mol. The molecule has 1 aromatic heterocycles. The smallest absolute Gasteiger partial charge is 0.379 e. The third-order valence-corrected chi connectivity index (χ3v) is 4.33. The fourth-order valence-electron chi connectivity index (χ4n) is 2.82. The van der Waals surface area contributed by atoms with Crippen molar-refractivity contribution in [3.63, 3.8) is 0 Å². The summed E-state index contributed by atoms with van der Waals surface area (Å²) in [6.07, 6.45) is -3.04. The SMILES string of the molecule is O=C(CCNc1ccc(C(F)(F)F)cc1[N+](=O)[O-])NCc1cnc2ccccc2c1. The number of para-hydroxylation sites is 1. The van der Waals surface area contributed by atoms with Gasteiger partial charge in [0.05, 0.1) is 16.0 Å². The monoisotopic (exact) mass is 418 g/mol. The van der Waals surface area contributed by atoms with E-state index in [0.29, 0.717) is 6.07 Å². The Hall–Kier alpha value is -3.69. The molecule has 156 valence electrons. The first-order valence-electron chi connectivity index (χ1n) is 8.94. The molecule has 30 heavy (non-hydrogen) atoms. The number of nitrogens with zero attached hydrogens (tertiary/aromatic N) is 2.